The minimum atomic E-state index is -0.390. The zero-order valence-corrected chi connectivity index (χ0v) is 14.4. The summed E-state index contributed by atoms with van der Waals surface area (Å²) in [6, 6.07) is 8.74. The molecule has 0 saturated carbocycles. The molecule has 0 aliphatic carbocycles. The van der Waals surface area contributed by atoms with E-state index in [0.717, 1.165) is 10.9 Å². The minimum absolute atomic E-state index is 0.128. The van der Waals surface area contributed by atoms with E-state index in [0.29, 0.717) is 22.7 Å². The molecular weight excluding hydrogens is 336 g/mol. The Morgan fingerprint density at radius 1 is 1.15 bits per heavy atom. The lowest BCUT2D eigenvalue weighted by Gasteiger charge is -2.06. The first-order valence-corrected chi connectivity index (χ1v) is 8.03. The fourth-order valence-electron chi connectivity index (χ4n) is 2.51. The summed E-state index contributed by atoms with van der Waals surface area (Å²) >= 11 is 0. The van der Waals surface area contributed by atoms with E-state index in [1.165, 1.54) is 0 Å². The fourth-order valence-corrected chi connectivity index (χ4v) is 2.51. The minimum Gasteiger partial charge on any atom is -0.360 e. The van der Waals surface area contributed by atoms with Crippen LogP contribution in [0.5, 0.6) is 0 Å². The van der Waals surface area contributed by atoms with Gasteiger partial charge in [0.1, 0.15) is 5.76 Å². The molecule has 0 fully saturated rings. The number of hydrogen-bond acceptors (Lipinski definition) is 5. The van der Waals surface area contributed by atoms with Gasteiger partial charge in [-0.3, -0.25) is 14.4 Å². The van der Waals surface area contributed by atoms with Crippen molar-refractivity contribution in [1.29, 1.82) is 0 Å². The first-order valence-electron chi connectivity index (χ1n) is 8.03. The van der Waals surface area contributed by atoms with Crippen molar-refractivity contribution < 1.29 is 14.1 Å². The van der Waals surface area contributed by atoms with Crippen LogP contribution in [0.4, 0.5) is 5.82 Å². The summed E-state index contributed by atoms with van der Waals surface area (Å²) in [6.07, 6.45) is 0.129. The van der Waals surface area contributed by atoms with Crippen molar-refractivity contribution in [2.45, 2.75) is 20.3 Å². The van der Waals surface area contributed by atoms with Gasteiger partial charge in [0, 0.05) is 17.1 Å². The molecule has 0 aliphatic heterocycles. The third kappa shape index (κ3) is 4.15. The molecule has 3 aromatic rings. The van der Waals surface area contributed by atoms with Gasteiger partial charge >= 0.3 is 0 Å². The number of benzene rings is 1. The predicted molar refractivity (Wildman–Crippen MR) is 95.9 cm³/mol. The van der Waals surface area contributed by atoms with E-state index in [9.17, 15) is 14.4 Å². The van der Waals surface area contributed by atoms with Gasteiger partial charge in [0.15, 0.2) is 5.82 Å². The second-order valence-electron chi connectivity index (χ2n) is 6.03. The van der Waals surface area contributed by atoms with Crippen molar-refractivity contribution in [3.63, 3.8) is 0 Å². The molecule has 2 heterocycles. The summed E-state index contributed by atoms with van der Waals surface area (Å²) in [5.74, 6) is 0.216. The van der Waals surface area contributed by atoms with E-state index in [4.69, 9.17) is 4.52 Å². The van der Waals surface area contributed by atoms with Crippen LogP contribution in [-0.2, 0) is 16.0 Å². The average molecular weight is 354 g/mol. The normalized spacial score (nSPS) is 10.7. The van der Waals surface area contributed by atoms with Crippen molar-refractivity contribution in [1.82, 2.24) is 15.5 Å². The third-order valence-corrected chi connectivity index (χ3v) is 3.80. The number of hydrogen-bond donors (Lipinski definition) is 3. The highest BCUT2D eigenvalue weighted by molar-refractivity contribution is 5.94. The van der Waals surface area contributed by atoms with Crippen LogP contribution >= 0.6 is 0 Å². The van der Waals surface area contributed by atoms with Gasteiger partial charge in [-0.15, -0.1) is 0 Å². The lowest BCUT2D eigenvalue weighted by atomic mass is 10.1. The van der Waals surface area contributed by atoms with Crippen LogP contribution in [0.25, 0.3) is 10.9 Å². The van der Waals surface area contributed by atoms with Crippen molar-refractivity contribution >= 4 is 28.5 Å². The number of amides is 2. The Bertz CT molecular complexity index is 1040. The highest BCUT2D eigenvalue weighted by Crippen LogP contribution is 2.14. The second-order valence-corrected chi connectivity index (χ2v) is 6.03. The molecule has 3 N–H and O–H groups in total. The standard InChI is InChI=1S/C18H18N4O4/c1-10-5-13-7-12(3-4-14(13)20-18(10)25)8-16(23)19-9-17(24)21-15-6-11(2)26-22-15/h3-7H,8-9H2,1-2H3,(H,19,23)(H,20,25)(H,21,22,24). The largest absolute Gasteiger partial charge is 0.360 e. The lowest BCUT2D eigenvalue weighted by molar-refractivity contribution is -0.123. The number of aromatic nitrogens is 2. The van der Waals surface area contributed by atoms with E-state index in [2.05, 4.69) is 20.8 Å². The number of carbonyl (C=O) groups is 2. The number of aryl methyl sites for hydroxylation is 2. The molecule has 26 heavy (non-hydrogen) atoms. The number of aromatic amines is 1. The predicted octanol–water partition coefficient (Wildman–Crippen LogP) is 1.43. The molecule has 0 atom stereocenters. The highest BCUT2D eigenvalue weighted by Gasteiger charge is 2.09. The van der Waals surface area contributed by atoms with Crippen molar-refractivity contribution in [3.05, 3.63) is 57.6 Å². The van der Waals surface area contributed by atoms with Crippen LogP contribution < -0.4 is 16.2 Å². The summed E-state index contributed by atoms with van der Waals surface area (Å²) in [5, 5.41) is 9.59. The Labute approximate surface area is 148 Å². The lowest BCUT2D eigenvalue weighted by Crippen LogP contribution is -2.33. The van der Waals surface area contributed by atoms with Crippen molar-refractivity contribution in [3.8, 4) is 0 Å². The van der Waals surface area contributed by atoms with Gasteiger partial charge < -0.3 is 20.1 Å². The molecule has 2 amide bonds. The number of rotatable bonds is 5. The van der Waals surface area contributed by atoms with Gasteiger partial charge in [0.05, 0.1) is 13.0 Å². The highest BCUT2D eigenvalue weighted by atomic mass is 16.5. The molecule has 8 nitrogen and oxygen atoms in total. The molecule has 0 saturated heterocycles. The maximum atomic E-state index is 12.0. The van der Waals surface area contributed by atoms with E-state index in [1.54, 1.807) is 38.1 Å². The number of fused-ring (bicyclic) bond motifs is 1. The topological polar surface area (TPSA) is 117 Å². The molecule has 3 rings (SSSR count). The van der Waals surface area contributed by atoms with Crippen LogP contribution in [0.15, 0.2) is 39.6 Å². The number of pyridine rings is 1. The van der Waals surface area contributed by atoms with E-state index in [-0.39, 0.29) is 24.4 Å². The molecule has 134 valence electrons. The van der Waals surface area contributed by atoms with Gasteiger partial charge in [-0.2, -0.15) is 0 Å². The van der Waals surface area contributed by atoms with E-state index in [1.807, 2.05) is 6.07 Å². The second kappa shape index (κ2) is 7.22. The van der Waals surface area contributed by atoms with Gasteiger partial charge in [-0.25, -0.2) is 0 Å². The van der Waals surface area contributed by atoms with Gasteiger partial charge in [0.25, 0.3) is 5.56 Å². The zero-order valence-electron chi connectivity index (χ0n) is 14.4. The average Bonchev–Trinajstić information content (AvgIpc) is 2.99. The van der Waals surface area contributed by atoms with E-state index < -0.39 is 5.91 Å². The van der Waals surface area contributed by atoms with Crippen LogP contribution in [-0.4, -0.2) is 28.5 Å². The molecule has 0 unspecified atom stereocenters. The van der Waals surface area contributed by atoms with Crippen molar-refractivity contribution in [2.24, 2.45) is 0 Å². The van der Waals surface area contributed by atoms with Gasteiger partial charge in [0.2, 0.25) is 11.8 Å². The number of carbonyl (C=O) groups excluding carboxylic acids is 2. The van der Waals surface area contributed by atoms with Crippen LogP contribution in [0, 0.1) is 13.8 Å². The molecule has 0 radical (unpaired) electrons. The quantitative estimate of drug-likeness (QED) is 0.641. The van der Waals surface area contributed by atoms with Crippen LogP contribution in [0.2, 0.25) is 0 Å². The zero-order chi connectivity index (χ0) is 18.7. The SMILES string of the molecule is Cc1cc(NC(=O)CNC(=O)Cc2ccc3[nH]c(=O)c(C)cc3c2)no1. The first-order chi connectivity index (χ1) is 12.4. The molecule has 8 heteroatoms. The summed E-state index contributed by atoms with van der Waals surface area (Å²) in [5.41, 5.74) is 1.98. The number of nitrogens with one attached hydrogen (secondary N) is 3. The number of H-pyrrole nitrogens is 1. The molecule has 1 aromatic carbocycles. The van der Waals surface area contributed by atoms with Gasteiger partial charge in [-0.05, 0) is 43.0 Å². The smallest absolute Gasteiger partial charge is 0.251 e. The summed E-state index contributed by atoms with van der Waals surface area (Å²) in [6.45, 7) is 3.28. The monoisotopic (exact) mass is 354 g/mol. The van der Waals surface area contributed by atoms with Crippen molar-refractivity contribution in [2.75, 3.05) is 11.9 Å². The fraction of sp³-hybridized carbons (Fsp3) is 0.222. The van der Waals surface area contributed by atoms with Crippen LogP contribution in [0.3, 0.4) is 0 Å². The maximum Gasteiger partial charge on any atom is 0.251 e. The molecule has 0 spiro atoms. The molecule has 0 bridgehead atoms. The Kier molecular flexibility index (Phi) is 4.83. The Morgan fingerprint density at radius 3 is 2.69 bits per heavy atom. The summed E-state index contributed by atoms with van der Waals surface area (Å²) in [4.78, 5) is 38.2. The maximum absolute atomic E-state index is 12.0. The third-order valence-electron chi connectivity index (χ3n) is 3.80. The van der Waals surface area contributed by atoms with Gasteiger partial charge in [-0.1, -0.05) is 11.2 Å². The number of nitrogens with zero attached hydrogens (tertiary/aromatic N) is 1. The van der Waals surface area contributed by atoms with E-state index >= 15 is 0 Å². The molecular formula is C18H18N4O4. The Balaban J connectivity index is 1.57. The Morgan fingerprint density at radius 2 is 1.96 bits per heavy atom. The summed E-state index contributed by atoms with van der Waals surface area (Å²) in [7, 11) is 0. The molecule has 0 aliphatic rings. The Hall–Kier alpha value is -3.42. The summed E-state index contributed by atoms with van der Waals surface area (Å²) < 4.78 is 4.85. The first kappa shape index (κ1) is 17.4. The van der Waals surface area contributed by atoms with Crippen LogP contribution in [0.1, 0.15) is 16.9 Å². The number of anilines is 1. The molecule has 2 aromatic heterocycles.